The molecular weight excluding hydrogens is 186 g/mol. The first kappa shape index (κ1) is 9.90. The number of fused-ring (bicyclic) bond motifs is 1. The highest BCUT2D eigenvalue weighted by Crippen LogP contribution is 2.23. The molecule has 3 heteroatoms. The van der Waals surface area contributed by atoms with Gasteiger partial charge in [0.2, 0.25) is 0 Å². The summed E-state index contributed by atoms with van der Waals surface area (Å²) in [5.41, 5.74) is 8.76. The third-order valence-corrected chi connectivity index (χ3v) is 2.52. The summed E-state index contributed by atoms with van der Waals surface area (Å²) in [5.74, 6) is 1.35. The average Bonchev–Trinajstić information content (AvgIpc) is 2.43. The summed E-state index contributed by atoms with van der Waals surface area (Å²) in [6.45, 7) is 4.34. The number of aliphatic imine (C=N–C) groups is 1. The van der Waals surface area contributed by atoms with Crippen molar-refractivity contribution in [2.24, 2.45) is 16.6 Å². The Morgan fingerprint density at radius 1 is 1.40 bits per heavy atom. The maximum absolute atomic E-state index is 7.78. The number of rotatable bonds is 2. The molecule has 0 saturated heterocycles. The molecule has 0 fully saturated rings. The summed E-state index contributed by atoms with van der Waals surface area (Å²) in [4.78, 5) is 4.00. The van der Waals surface area contributed by atoms with Crippen LogP contribution >= 0.6 is 0 Å². The van der Waals surface area contributed by atoms with E-state index in [1.54, 1.807) is 0 Å². The van der Waals surface area contributed by atoms with Crippen molar-refractivity contribution in [2.75, 3.05) is 0 Å². The van der Waals surface area contributed by atoms with Crippen LogP contribution < -0.4 is 5.73 Å². The molecule has 0 radical (unpaired) electrons. The van der Waals surface area contributed by atoms with Gasteiger partial charge in [0.25, 0.3) is 0 Å². The molecule has 1 aromatic rings. The fourth-order valence-electron chi connectivity index (χ4n) is 1.94. The number of nitrogens with two attached hydrogens (primary N) is 1. The van der Waals surface area contributed by atoms with E-state index in [2.05, 4.69) is 24.9 Å². The quantitative estimate of drug-likeness (QED) is 0.754. The highest BCUT2D eigenvalue weighted by molar-refractivity contribution is 6.21. The SMILES string of the molecule is CC(C)Cc1cccc2c1C(=N)N=C2N. The van der Waals surface area contributed by atoms with Crippen LogP contribution in [0.2, 0.25) is 0 Å². The van der Waals surface area contributed by atoms with Gasteiger partial charge in [0.1, 0.15) is 5.84 Å². The van der Waals surface area contributed by atoms with Gasteiger partial charge >= 0.3 is 0 Å². The topological polar surface area (TPSA) is 62.2 Å². The van der Waals surface area contributed by atoms with Crippen molar-refractivity contribution in [1.29, 1.82) is 5.41 Å². The first-order valence-electron chi connectivity index (χ1n) is 5.15. The molecule has 1 heterocycles. The number of benzene rings is 1. The predicted octanol–water partition coefficient (Wildman–Crippen LogP) is 1.93. The standard InChI is InChI=1S/C12H15N3/c1-7(2)6-8-4-3-5-9-10(8)12(14)15-11(9)13/h3-5,7H,6H2,1-2H3,(H3,13,14,15). The Hall–Kier alpha value is -1.64. The number of hydrogen-bond acceptors (Lipinski definition) is 2. The number of nitrogens with one attached hydrogen (secondary N) is 1. The zero-order valence-electron chi connectivity index (χ0n) is 9.04. The van der Waals surface area contributed by atoms with Gasteiger partial charge in [-0.05, 0) is 17.9 Å². The minimum Gasteiger partial charge on any atom is -0.383 e. The maximum Gasteiger partial charge on any atom is 0.155 e. The Balaban J connectivity index is 2.49. The summed E-state index contributed by atoms with van der Waals surface area (Å²) in [5, 5.41) is 7.78. The van der Waals surface area contributed by atoms with Gasteiger partial charge in [0, 0.05) is 11.1 Å². The van der Waals surface area contributed by atoms with E-state index >= 15 is 0 Å². The van der Waals surface area contributed by atoms with Crippen LogP contribution in [-0.4, -0.2) is 11.7 Å². The van der Waals surface area contributed by atoms with Gasteiger partial charge in [-0.25, -0.2) is 4.99 Å². The van der Waals surface area contributed by atoms with Crippen LogP contribution in [0.3, 0.4) is 0 Å². The molecule has 1 aliphatic rings. The van der Waals surface area contributed by atoms with Crippen LogP contribution in [0, 0.1) is 11.3 Å². The van der Waals surface area contributed by atoms with Crippen molar-refractivity contribution < 1.29 is 0 Å². The molecule has 1 aromatic carbocycles. The van der Waals surface area contributed by atoms with Gasteiger partial charge in [-0.15, -0.1) is 0 Å². The Labute approximate surface area is 89.5 Å². The average molecular weight is 201 g/mol. The zero-order valence-corrected chi connectivity index (χ0v) is 9.04. The van der Waals surface area contributed by atoms with E-state index in [1.165, 1.54) is 5.56 Å². The van der Waals surface area contributed by atoms with Gasteiger partial charge in [-0.2, -0.15) is 0 Å². The summed E-state index contributed by atoms with van der Waals surface area (Å²) >= 11 is 0. The predicted molar refractivity (Wildman–Crippen MR) is 62.5 cm³/mol. The van der Waals surface area contributed by atoms with Crippen molar-refractivity contribution in [3.05, 3.63) is 34.9 Å². The molecule has 3 nitrogen and oxygen atoms in total. The van der Waals surface area contributed by atoms with Gasteiger partial charge in [-0.3, -0.25) is 5.41 Å². The van der Waals surface area contributed by atoms with E-state index in [4.69, 9.17) is 11.1 Å². The second-order valence-corrected chi connectivity index (χ2v) is 4.28. The molecule has 0 saturated carbocycles. The third-order valence-electron chi connectivity index (χ3n) is 2.52. The molecule has 0 aromatic heterocycles. The molecule has 0 bridgehead atoms. The van der Waals surface area contributed by atoms with E-state index in [0.717, 1.165) is 17.5 Å². The number of hydrogen-bond donors (Lipinski definition) is 2. The first-order chi connectivity index (χ1) is 7.09. The molecule has 2 rings (SSSR count). The fraction of sp³-hybridized carbons (Fsp3) is 0.333. The van der Waals surface area contributed by atoms with Gasteiger partial charge in [-0.1, -0.05) is 32.0 Å². The Morgan fingerprint density at radius 2 is 2.13 bits per heavy atom. The van der Waals surface area contributed by atoms with Crippen LogP contribution in [0.1, 0.15) is 30.5 Å². The van der Waals surface area contributed by atoms with E-state index in [0.29, 0.717) is 17.6 Å². The maximum atomic E-state index is 7.78. The largest absolute Gasteiger partial charge is 0.383 e. The Morgan fingerprint density at radius 3 is 2.80 bits per heavy atom. The van der Waals surface area contributed by atoms with Crippen molar-refractivity contribution >= 4 is 11.7 Å². The lowest BCUT2D eigenvalue weighted by molar-refractivity contribution is 0.646. The molecule has 78 valence electrons. The summed E-state index contributed by atoms with van der Waals surface area (Å²) in [6.07, 6.45) is 0.967. The van der Waals surface area contributed by atoms with Gasteiger partial charge in [0.15, 0.2) is 5.84 Å². The molecule has 0 amide bonds. The second-order valence-electron chi connectivity index (χ2n) is 4.28. The van der Waals surface area contributed by atoms with E-state index in [-0.39, 0.29) is 0 Å². The Bertz CT molecular complexity index is 444. The van der Waals surface area contributed by atoms with Crippen LogP contribution in [-0.2, 0) is 6.42 Å². The van der Waals surface area contributed by atoms with E-state index in [1.807, 2.05) is 12.1 Å². The van der Waals surface area contributed by atoms with Crippen LogP contribution in [0.4, 0.5) is 0 Å². The lowest BCUT2D eigenvalue weighted by atomic mass is 9.95. The van der Waals surface area contributed by atoms with Crippen molar-refractivity contribution in [3.8, 4) is 0 Å². The molecule has 1 aliphatic heterocycles. The molecule has 0 unspecified atom stereocenters. The molecule has 0 aliphatic carbocycles. The minimum absolute atomic E-state index is 0.304. The molecule has 15 heavy (non-hydrogen) atoms. The van der Waals surface area contributed by atoms with Crippen LogP contribution in [0.15, 0.2) is 23.2 Å². The number of nitrogens with zero attached hydrogens (tertiary/aromatic N) is 1. The van der Waals surface area contributed by atoms with Crippen LogP contribution in [0.5, 0.6) is 0 Å². The van der Waals surface area contributed by atoms with Crippen molar-refractivity contribution in [1.82, 2.24) is 0 Å². The van der Waals surface area contributed by atoms with E-state index in [9.17, 15) is 0 Å². The minimum atomic E-state index is 0.304. The van der Waals surface area contributed by atoms with Crippen molar-refractivity contribution in [2.45, 2.75) is 20.3 Å². The molecule has 3 N–H and O–H groups in total. The number of amidine groups is 2. The third kappa shape index (κ3) is 1.65. The summed E-state index contributed by atoms with van der Waals surface area (Å²) in [7, 11) is 0. The van der Waals surface area contributed by atoms with Crippen LogP contribution in [0.25, 0.3) is 0 Å². The normalized spacial score (nSPS) is 14.3. The fourth-order valence-corrected chi connectivity index (χ4v) is 1.94. The lowest BCUT2D eigenvalue weighted by Crippen LogP contribution is -2.11. The van der Waals surface area contributed by atoms with Crippen molar-refractivity contribution in [3.63, 3.8) is 0 Å². The highest BCUT2D eigenvalue weighted by atomic mass is 14.9. The monoisotopic (exact) mass is 201 g/mol. The van der Waals surface area contributed by atoms with Gasteiger partial charge < -0.3 is 5.73 Å². The molecule has 0 atom stereocenters. The summed E-state index contributed by atoms with van der Waals surface area (Å²) in [6, 6.07) is 5.97. The molecular formula is C12H15N3. The van der Waals surface area contributed by atoms with Gasteiger partial charge in [0.05, 0.1) is 0 Å². The van der Waals surface area contributed by atoms with E-state index < -0.39 is 0 Å². The first-order valence-corrected chi connectivity index (χ1v) is 5.15. The summed E-state index contributed by atoms with van der Waals surface area (Å²) < 4.78 is 0. The smallest absolute Gasteiger partial charge is 0.155 e. The second kappa shape index (κ2) is 3.50. The highest BCUT2D eigenvalue weighted by Gasteiger charge is 2.21. The molecule has 0 spiro atoms. The Kier molecular flexibility index (Phi) is 2.31. The lowest BCUT2D eigenvalue weighted by Gasteiger charge is -2.09. The zero-order chi connectivity index (χ0) is 11.0.